The number of phosphoric ester groups is 1. The maximum Gasteiger partial charge on any atom is 0.475 e. The standard InChI is InChI=1S/C34H71O4PS/c1-4-6-8-10-12-14-16-18-20-22-24-26-28-30-32-36-39(35,38-34(3)40)37-33-31-29-27-25-23-21-19-17-15-13-11-9-7-5-2/h34,40H,4-33H2,1-3H3. The molecule has 0 aromatic carbocycles. The predicted molar refractivity (Wildman–Crippen MR) is 180 cm³/mol. The van der Waals surface area contributed by atoms with Crippen LogP contribution < -0.4 is 0 Å². The Hall–Kier alpha value is 0.460. The summed E-state index contributed by atoms with van der Waals surface area (Å²) in [7, 11) is -3.52. The summed E-state index contributed by atoms with van der Waals surface area (Å²) in [6.07, 6.45) is 36.8. The maximum atomic E-state index is 13.0. The van der Waals surface area contributed by atoms with Crippen LogP contribution in [0.15, 0.2) is 0 Å². The molecule has 0 N–H and O–H groups in total. The Kier molecular flexibility index (Phi) is 32.7. The minimum Gasteiger partial charge on any atom is -0.287 e. The molecule has 0 spiro atoms. The minimum absolute atomic E-state index is 0.425. The monoisotopic (exact) mass is 606 g/mol. The van der Waals surface area contributed by atoms with Crippen LogP contribution in [0.1, 0.15) is 201 Å². The molecule has 242 valence electrons. The van der Waals surface area contributed by atoms with E-state index in [0.29, 0.717) is 13.2 Å². The van der Waals surface area contributed by atoms with E-state index in [9.17, 15) is 4.57 Å². The first-order chi connectivity index (χ1) is 19.5. The summed E-state index contributed by atoms with van der Waals surface area (Å²) in [4.78, 5) is 0. The Morgan fingerprint density at radius 3 is 0.900 bits per heavy atom. The highest BCUT2D eigenvalue weighted by molar-refractivity contribution is 7.81. The second-order valence-corrected chi connectivity index (χ2v) is 14.4. The van der Waals surface area contributed by atoms with Gasteiger partial charge >= 0.3 is 7.82 Å². The molecule has 0 fully saturated rings. The van der Waals surface area contributed by atoms with Crippen LogP contribution in [0.5, 0.6) is 0 Å². The van der Waals surface area contributed by atoms with Crippen molar-refractivity contribution in [3.8, 4) is 0 Å². The van der Waals surface area contributed by atoms with Crippen LogP contribution in [-0.4, -0.2) is 18.6 Å². The summed E-state index contributed by atoms with van der Waals surface area (Å²) in [6, 6.07) is 0. The molecular weight excluding hydrogens is 535 g/mol. The highest BCUT2D eigenvalue weighted by Gasteiger charge is 2.28. The van der Waals surface area contributed by atoms with E-state index in [1.807, 2.05) is 0 Å². The first-order valence-corrected chi connectivity index (χ1v) is 19.8. The first-order valence-electron chi connectivity index (χ1n) is 17.8. The molecule has 0 saturated heterocycles. The molecule has 40 heavy (non-hydrogen) atoms. The Labute approximate surface area is 257 Å². The van der Waals surface area contributed by atoms with Gasteiger partial charge in [-0.25, -0.2) is 4.57 Å². The Balaban J connectivity index is 3.62. The van der Waals surface area contributed by atoms with Crippen molar-refractivity contribution >= 4 is 20.5 Å². The van der Waals surface area contributed by atoms with E-state index in [2.05, 4.69) is 26.5 Å². The largest absolute Gasteiger partial charge is 0.475 e. The summed E-state index contributed by atoms with van der Waals surface area (Å²) in [5.74, 6) is 0. The van der Waals surface area contributed by atoms with E-state index in [-0.39, 0.29) is 0 Å². The van der Waals surface area contributed by atoms with Gasteiger partial charge in [0.1, 0.15) is 5.44 Å². The zero-order valence-electron chi connectivity index (χ0n) is 27.3. The molecule has 0 bridgehead atoms. The molecular formula is C34H71O4PS. The van der Waals surface area contributed by atoms with Gasteiger partial charge in [0, 0.05) is 0 Å². The zero-order valence-corrected chi connectivity index (χ0v) is 29.1. The van der Waals surface area contributed by atoms with Gasteiger partial charge in [0.25, 0.3) is 0 Å². The van der Waals surface area contributed by atoms with Crippen molar-refractivity contribution in [1.29, 1.82) is 0 Å². The number of unbranched alkanes of at least 4 members (excludes halogenated alkanes) is 26. The molecule has 0 rings (SSSR count). The third kappa shape index (κ3) is 31.4. The van der Waals surface area contributed by atoms with Crippen LogP contribution in [-0.2, 0) is 18.1 Å². The van der Waals surface area contributed by atoms with Crippen LogP contribution >= 0.6 is 20.5 Å². The van der Waals surface area contributed by atoms with Crippen molar-refractivity contribution in [2.24, 2.45) is 0 Å². The average Bonchev–Trinajstić information content (AvgIpc) is 2.92. The van der Waals surface area contributed by atoms with Gasteiger partial charge in [0.05, 0.1) is 13.2 Å². The zero-order chi connectivity index (χ0) is 29.4. The molecule has 0 saturated carbocycles. The van der Waals surface area contributed by atoms with E-state index in [0.717, 1.165) is 25.7 Å². The Morgan fingerprint density at radius 1 is 0.450 bits per heavy atom. The quantitative estimate of drug-likeness (QED) is 0.0342. The number of phosphoric acid groups is 1. The van der Waals surface area contributed by atoms with Crippen molar-refractivity contribution in [1.82, 2.24) is 0 Å². The third-order valence-corrected chi connectivity index (χ3v) is 9.62. The number of hydrogen-bond donors (Lipinski definition) is 1. The molecule has 6 heteroatoms. The van der Waals surface area contributed by atoms with Crippen molar-refractivity contribution in [2.45, 2.75) is 206 Å². The number of thiol groups is 1. The first kappa shape index (κ1) is 40.5. The fourth-order valence-corrected chi connectivity index (χ4v) is 6.85. The molecule has 0 aliphatic carbocycles. The second-order valence-electron chi connectivity index (χ2n) is 12.0. The fraction of sp³-hybridized carbons (Fsp3) is 1.00. The van der Waals surface area contributed by atoms with Gasteiger partial charge in [-0.15, -0.1) is 12.6 Å². The summed E-state index contributed by atoms with van der Waals surface area (Å²) in [6.45, 7) is 7.16. The minimum atomic E-state index is -3.52. The van der Waals surface area contributed by atoms with Gasteiger partial charge in [-0.2, -0.15) is 0 Å². The lowest BCUT2D eigenvalue weighted by molar-refractivity contribution is 0.107. The molecule has 0 aromatic heterocycles. The third-order valence-electron chi connectivity index (χ3n) is 7.78. The number of hydrogen-bond acceptors (Lipinski definition) is 5. The molecule has 1 atom stereocenters. The summed E-state index contributed by atoms with van der Waals surface area (Å²) in [5.41, 5.74) is -0.474. The maximum absolute atomic E-state index is 13.0. The topological polar surface area (TPSA) is 44.8 Å². The van der Waals surface area contributed by atoms with E-state index in [1.165, 1.54) is 154 Å². The van der Waals surface area contributed by atoms with Gasteiger partial charge in [-0.1, -0.05) is 181 Å². The molecule has 0 amide bonds. The summed E-state index contributed by atoms with van der Waals surface area (Å²) < 4.78 is 29.7. The van der Waals surface area contributed by atoms with Crippen molar-refractivity contribution in [3.05, 3.63) is 0 Å². The predicted octanol–water partition coefficient (Wildman–Crippen LogP) is 13.4. The van der Waals surface area contributed by atoms with Crippen LogP contribution in [0, 0.1) is 0 Å². The van der Waals surface area contributed by atoms with Crippen molar-refractivity contribution in [2.75, 3.05) is 13.2 Å². The van der Waals surface area contributed by atoms with Gasteiger partial charge in [0.2, 0.25) is 0 Å². The van der Waals surface area contributed by atoms with Crippen molar-refractivity contribution < 1.29 is 18.1 Å². The molecule has 0 aliphatic rings. The molecule has 0 radical (unpaired) electrons. The number of rotatable bonds is 34. The fourth-order valence-electron chi connectivity index (χ4n) is 5.23. The molecule has 1 unspecified atom stereocenters. The molecule has 4 nitrogen and oxygen atoms in total. The van der Waals surface area contributed by atoms with E-state index in [4.69, 9.17) is 13.6 Å². The van der Waals surface area contributed by atoms with Gasteiger partial charge < -0.3 is 0 Å². The molecule has 0 aliphatic heterocycles. The lowest BCUT2D eigenvalue weighted by Crippen LogP contribution is -2.06. The average molecular weight is 607 g/mol. The Morgan fingerprint density at radius 2 is 0.675 bits per heavy atom. The summed E-state index contributed by atoms with van der Waals surface area (Å²) >= 11 is 4.24. The van der Waals surface area contributed by atoms with Crippen molar-refractivity contribution in [3.63, 3.8) is 0 Å². The lowest BCUT2D eigenvalue weighted by atomic mass is 10.0. The molecule has 0 heterocycles. The van der Waals surface area contributed by atoms with E-state index < -0.39 is 13.3 Å². The van der Waals surface area contributed by atoms with Gasteiger partial charge in [0.15, 0.2) is 0 Å². The van der Waals surface area contributed by atoms with Gasteiger partial charge in [-0.3, -0.25) is 13.6 Å². The highest BCUT2D eigenvalue weighted by atomic mass is 32.1. The van der Waals surface area contributed by atoms with E-state index in [1.54, 1.807) is 6.92 Å². The highest BCUT2D eigenvalue weighted by Crippen LogP contribution is 2.51. The second kappa shape index (κ2) is 32.4. The summed E-state index contributed by atoms with van der Waals surface area (Å²) in [5, 5.41) is 0. The van der Waals surface area contributed by atoms with Crippen LogP contribution in [0.4, 0.5) is 0 Å². The SMILES string of the molecule is CCCCCCCCCCCCCCCCOP(=O)(OCCCCCCCCCCCCCCCC)OC(C)S. The van der Waals surface area contributed by atoms with Gasteiger partial charge in [-0.05, 0) is 19.8 Å². The lowest BCUT2D eigenvalue weighted by Gasteiger charge is -2.19. The Bertz CT molecular complexity index is 494. The van der Waals surface area contributed by atoms with E-state index >= 15 is 0 Å². The molecule has 0 aromatic rings. The normalized spacial score (nSPS) is 12.8. The van der Waals surface area contributed by atoms with Crippen LogP contribution in [0.25, 0.3) is 0 Å². The smallest absolute Gasteiger partial charge is 0.287 e. The van der Waals surface area contributed by atoms with Crippen LogP contribution in [0.2, 0.25) is 0 Å². The van der Waals surface area contributed by atoms with Crippen LogP contribution in [0.3, 0.4) is 0 Å².